The number of ether oxygens (including phenoxy) is 1. The number of hydrogen-bond donors (Lipinski definition) is 3. The minimum atomic E-state index is 0.0845. The molecule has 148 valence electrons. The number of thiol groups is 1. The van der Waals surface area contributed by atoms with Gasteiger partial charge in [0.15, 0.2) is 0 Å². The Bertz CT molecular complexity index is 974. The zero-order chi connectivity index (χ0) is 19.6. The van der Waals surface area contributed by atoms with E-state index >= 15 is 0 Å². The van der Waals surface area contributed by atoms with Crippen LogP contribution in [-0.2, 0) is 4.74 Å². The van der Waals surface area contributed by atoms with Crippen molar-refractivity contribution in [2.75, 3.05) is 23.8 Å². The van der Waals surface area contributed by atoms with E-state index in [1.807, 2.05) is 12.1 Å². The largest absolute Gasteiger partial charge is 0.376 e. The summed E-state index contributed by atoms with van der Waals surface area (Å²) in [5.41, 5.74) is 3.57. The standard InChI is InChI=1S/C23H24N4OS/c29-18-10-8-16(9-11-18)21-19(15-5-2-1-3-6-15)20-22(25-14-26-23(20)27-21)24-13-17-7-4-12-28-17/h1-3,5-6,8-11,14,17,19,21,29H,4,7,12-13H2,(H2,24,25,26,27). The summed E-state index contributed by atoms with van der Waals surface area (Å²) < 4.78 is 5.78. The van der Waals surface area contributed by atoms with Crippen LogP contribution in [0.3, 0.4) is 0 Å². The molecule has 6 heteroatoms. The van der Waals surface area contributed by atoms with Crippen LogP contribution in [0.15, 0.2) is 65.8 Å². The second kappa shape index (κ2) is 8.05. The summed E-state index contributed by atoms with van der Waals surface area (Å²) in [5.74, 6) is 1.90. The molecular formula is C23H24N4OS. The number of anilines is 2. The van der Waals surface area contributed by atoms with Crippen LogP contribution in [0.25, 0.3) is 0 Å². The minimum absolute atomic E-state index is 0.0845. The molecule has 1 saturated heterocycles. The van der Waals surface area contributed by atoms with E-state index in [0.29, 0.717) is 0 Å². The predicted molar refractivity (Wildman–Crippen MR) is 118 cm³/mol. The molecule has 0 aliphatic carbocycles. The van der Waals surface area contributed by atoms with Crippen molar-refractivity contribution in [3.8, 4) is 0 Å². The number of rotatable bonds is 5. The van der Waals surface area contributed by atoms with Gasteiger partial charge < -0.3 is 15.4 Å². The van der Waals surface area contributed by atoms with Gasteiger partial charge in [0, 0.05) is 29.5 Å². The van der Waals surface area contributed by atoms with Gasteiger partial charge in [-0.2, -0.15) is 0 Å². The molecule has 2 aliphatic heterocycles. The number of nitrogens with zero attached hydrogens (tertiary/aromatic N) is 2. The molecule has 1 fully saturated rings. The fraction of sp³-hybridized carbons (Fsp3) is 0.304. The zero-order valence-electron chi connectivity index (χ0n) is 16.1. The normalized spacial score (nSPS) is 22.9. The Labute approximate surface area is 176 Å². The van der Waals surface area contributed by atoms with Crippen molar-refractivity contribution in [1.29, 1.82) is 0 Å². The third-order valence-corrected chi connectivity index (χ3v) is 6.05. The van der Waals surface area contributed by atoms with E-state index in [0.717, 1.165) is 48.1 Å². The molecule has 2 aliphatic rings. The van der Waals surface area contributed by atoms with E-state index in [1.165, 1.54) is 11.1 Å². The number of benzene rings is 2. The highest BCUT2D eigenvalue weighted by Crippen LogP contribution is 2.49. The molecule has 0 radical (unpaired) electrons. The fourth-order valence-electron chi connectivity index (χ4n) is 4.34. The Kier molecular flexibility index (Phi) is 5.12. The van der Waals surface area contributed by atoms with Crippen LogP contribution >= 0.6 is 12.6 Å². The van der Waals surface area contributed by atoms with Crippen molar-refractivity contribution in [1.82, 2.24) is 9.97 Å². The molecule has 3 heterocycles. The van der Waals surface area contributed by atoms with Crippen LogP contribution in [0.4, 0.5) is 11.6 Å². The SMILES string of the molecule is Sc1ccc(C2Nc3ncnc(NCC4CCCO4)c3C2c2ccccc2)cc1. The van der Waals surface area contributed by atoms with Gasteiger partial charge >= 0.3 is 0 Å². The Balaban J connectivity index is 1.53. The van der Waals surface area contributed by atoms with Gasteiger partial charge in [-0.25, -0.2) is 9.97 Å². The van der Waals surface area contributed by atoms with Gasteiger partial charge in [0.2, 0.25) is 0 Å². The molecule has 0 saturated carbocycles. The monoisotopic (exact) mass is 404 g/mol. The lowest BCUT2D eigenvalue weighted by Crippen LogP contribution is -2.20. The third kappa shape index (κ3) is 3.70. The molecule has 2 aromatic carbocycles. The first kappa shape index (κ1) is 18.5. The molecule has 3 unspecified atom stereocenters. The van der Waals surface area contributed by atoms with E-state index in [1.54, 1.807) is 6.33 Å². The molecule has 0 amide bonds. The van der Waals surface area contributed by atoms with Gasteiger partial charge in [0.1, 0.15) is 18.0 Å². The van der Waals surface area contributed by atoms with Crippen molar-refractivity contribution in [2.45, 2.75) is 35.8 Å². The molecule has 2 N–H and O–H groups in total. The highest BCUT2D eigenvalue weighted by Gasteiger charge is 2.38. The fourth-order valence-corrected chi connectivity index (χ4v) is 4.49. The minimum Gasteiger partial charge on any atom is -0.376 e. The van der Waals surface area contributed by atoms with Gasteiger partial charge in [-0.05, 0) is 36.1 Å². The summed E-state index contributed by atoms with van der Waals surface area (Å²) in [6, 6.07) is 19.0. The summed E-state index contributed by atoms with van der Waals surface area (Å²) in [7, 11) is 0. The summed E-state index contributed by atoms with van der Waals surface area (Å²) in [4.78, 5) is 10.1. The number of aromatic nitrogens is 2. The molecule has 3 aromatic rings. The van der Waals surface area contributed by atoms with Gasteiger partial charge in [-0.15, -0.1) is 12.6 Å². The average Bonchev–Trinajstić information content (AvgIpc) is 3.41. The van der Waals surface area contributed by atoms with Crippen molar-refractivity contribution >= 4 is 24.3 Å². The highest BCUT2D eigenvalue weighted by molar-refractivity contribution is 7.80. The lowest BCUT2D eigenvalue weighted by atomic mass is 9.85. The van der Waals surface area contributed by atoms with Crippen molar-refractivity contribution in [3.63, 3.8) is 0 Å². The number of hydrogen-bond acceptors (Lipinski definition) is 6. The summed E-state index contributed by atoms with van der Waals surface area (Å²) in [6.45, 7) is 1.62. The van der Waals surface area contributed by atoms with Crippen LogP contribution in [-0.4, -0.2) is 29.2 Å². The highest BCUT2D eigenvalue weighted by atomic mass is 32.1. The van der Waals surface area contributed by atoms with Crippen LogP contribution in [0.2, 0.25) is 0 Å². The Morgan fingerprint density at radius 3 is 2.62 bits per heavy atom. The second-order valence-electron chi connectivity index (χ2n) is 7.60. The molecular weight excluding hydrogens is 380 g/mol. The molecule has 0 bridgehead atoms. The Hall–Kier alpha value is -2.57. The molecule has 3 atom stereocenters. The summed E-state index contributed by atoms with van der Waals surface area (Å²) in [5, 5.41) is 7.18. The van der Waals surface area contributed by atoms with E-state index in [9.17, 15) is 0 Å². The van der Waals surface area contributed by atoms with Crippen LogP contribution in [0, 0.1) is 0 Å². The van der Waals surface area contributed by atoms with Crippen LogP contribution in [0.5, 0.6) is 0 Å². The van der Waals surface area contributed by atoms with Gasteiger partial charge in [0.25, 0.3) is 0 Å². The van der Waals surface area contributed by atoms with Crippen molar-refractivity contribution in [3.05, 3.63) is 77.6 Å². The zero-order valence-corrected chi connectivity index (χ0v) is 17.0. The maximum atomic E-state index is 5.78. The third-order valence-electron chi connectivity index (χ3n) is 5.75. The lowest BCUT2D eigenvalue weighted by Gasteiger charge is -2.22. The second-order valence-corrected chi connectivity index (χ2v) is 8.12. The van der Waals surface area contributed by atoms with E-state index in [-0.39, 0.29) is 18.1 Å². The summed E-state index contributed by atoms with van der Waals surface area (Å²) in [6.07, 6.45) is 4.11. The smallest absolute Gasteiger partial charge is 0.135 e. The predicted octanol–water partition coefficient (Wildman–Crippen LogP) is 4.65. The molecule has 29 heavy (non-hydrogen) atoms. The first-order valence-corrected chi connectivity index (χ1v) is 10.5. The Morgan fingerprint density at radius 1 is 1.03 bits per heavy atom. The molecule has 5 rings (SSSR count). The van der Waals surface area contributed by atoms with Gasteiger partial charge in [-0.1, -0.05) is 42.5 Å². The van der Waals surface area contributed by atoms with Gasteiger partial charge in [-0.3, -0.25) is 0 Å². The number of fused-ring (bicyclic) bond motifs is 1. The lowest BCUT2D eigenvalue weighted by molar-refractivity contribution is 0.120. The maximum Gasteiger partial charge on any atom is 0.135 e. The Morgan fingerprint density at radius 2 is 1.86 bits per heavy atom. The van der Waals surface area contributed by atoms with Crippen molar-refractivity contribution < 1.29 is 4.74 Å². The van der Waals surface area contributed by atoms with E-state index < -0.39 is 0 Å². The quantitative estimate of drug-likeness (QED) is 0.540. The van der Waals surface area contributed by atoms with E-state index in [2.05, 4.69) is 75.7 Å². The van der Waals surface area contributed by atoms with Crippen molar-refractivity contribution in [2.24, 2.45) is 0 Å². The van der Waals surface area contributed by atoms with Crippen LogP contribution < -0.4 is 10.6 Å². The first-order chi connectivity index (χ1) is 14.3. The average molecular weight is 405 g/mol. The first-order valence-electron chi connectivity index (χ1n) is 10.1. The van der Waals surface area contributed by atoms with Crippen LogP contribution in [0.1, 0.15) is 41.5 Å². The maximum absolute atomic E-state index is 5.78. The number of nitrogens with one attached hydrogen (secondary N) is 2. The molecule has 5 nitrogen and oxygen atoms in total. The molecule has 1 aromatic heterocycles. The topological polar surface area (TPSA) is 59.1 Å². The molecule has 0 spiro atoms. The van der Waals surface area contributed by atoms with E-state index in [4.69, 9.17) is 4.74 Å². The summed E-state index contributed by atoms with van der Waals surface area (Å²) >= 11 is 4.44. The van der Waals surface area contributed by atoms with Gasteiger partial charge in [0.05, 0.1) is 12.1 Å².